The molecule has 5 rings (SSSR count). The Morgan fingerprint density at radius 1 is 1.00 bits per heavy atom. The highest BCUT2D eigenvalue weighted by molar-refractivity contribution is 5.80. The Morgan fingerprint density at radius 3 is 2.41 bits per heavy atom. The molecule has 198 valence electrons. The molecule has 0 fully saturated rings. The number of aromatic amines is 1. The van der Waals surface area contributed by atoms with Gasteiger partial charge in [-0.2, -0.15) is 0 Å². The monoisotopic (exact) mass is 525 g/mol. The predicted molar refractivity (Wildman–Crippen MR) is 149 cm³/mol. The van der Waals surface area contributed by atoms with Crippen LogP contribution in [0.3, 0.4) is 0 Å². The lowest BCUT2D eigenvalue weighted by Crippen LogP contribution is -2.28. The van der Waals surface area contributed by atoms with Crippen LogP contribution in [-0.4, -0.2) is 26.7 Å². The molecule has 8 nitrogen and oxygen atoms in total. The van der Waals surface area contributed by atoms with E-state index in [1.807, 2.05) is 42.5 Å². The molecule has 0 amide bonds. The molecule has 2 N–H and O–H groups in total. The van der Waals surface area contributed by atoms with Crippen LogP contribution in [0.25, 0.3) is 28.2 Å². The molecular weight excluding hydrogens is 497 g/mol. The molecule has 2 heterocycles. The van der Waals surface area contributed by atoms with E-state index in [9.17, 15) is 9.59 Å². The van der Waals surface area contributed by atoms with Crippen molar-refractivity contribution >= 4 is 5.95 Å². The number of H-pyrrole nitrogens is 1. The van der Waals surface area contributed by atoms with Crippen molar-refractivity contribution in [2.75, 3.05) is 12.4 Å². The zero-order valence-corrected chi connectivity index (χ0v) is 21.7. The first-order chi connectivity index (χ1) is 19.0. The fourth-order valence-electron chi connectivity index (χ4n) is 4.65. The van der Waals surface area contributed by atoms with Gasteiger partial charge < -0.3 is 5.32 Å². The summed E-state index contributed by atoms with van der Waals surface area (Å²) < 4.78 is 21.8. The van der Waals surface area contributed by atoms with E-state index < -0.39 is 11.6 Å². The van der Waals surface area contributed by atoms with Gasteiger partial charge in [0.15, 0.2) is 5.82 Å². The SMILES string of the molecule is CCCCc1nc(NC)n(-c2ccccc2)c(=O)c1Cc1ccc(-c2ccccc2-c2noc(=O)[nH]2)cc1F. The van der Waals surface area contributed by atoms with Crippen molar-refractivity contribution < 1.29 is 8.91 Å². The minimum absolute atomic E-state index is 0.103. The van der Waals surface area contributed by atoms with Gasteiger partial charge in [0, 0.05) is 24.6 Å². The number of halogens is 1. The van der Waals surface area contributed by atoms with Gasteiger partial charge in [-0.15, -0.1) is 0 Å². The normalized spacial score (nSPS) is 11.1. The standard InChI is InChI=1S/C30H28FN5O3/c1-3-4-14-26-24(28(37)36(29(32-2)33-26)21-10-6-5-7-11-21)17-20-16-15-19(18-25(20)31)22-12-8-9-13-23(22)27-34-30(38)39-35-27/h5-13,15-16,18H,3-4,14,17H2,1-2H3,(H,32,33)(H,34,35,38). The maximum atomic E-state index is 15.6. The second kappa shape index (κ2) is 11.3. The van der Waals surface area contributed by atoms with E-state index >= 15 is 4.39 Å². The van der Waals surface area contributed by atoms with Gasteiger partial charge >= 0.3 is 5.76 Å². The third kappa shape index (κ3) is 5.29. The van der Waals surface area contributed by atoms with E-state index in [1.54, 1.807) is 31.3 Å². The van der Waals surface area contributed by atoms with Crippen LogP contribution in [0, 0.1) is 5.82 Å². The summed E-state index contributed by atoms with van der Waals surface area (Å²) in [7, 11) is 1.73. The summed E-state index contributed by atoms with van der Waals surface area (Å²) in [6.07, 6.45) is 2.53. The van der Waals surface area contributed by atoms with E-state index in [1.165, 1.54) is 10.6 Å². The summed E-state index contributed by atoms with van der Waals surface area (Å²) in [6, 6.07) is 21.4. The highest BCUT2D eigenvalue weighted by atomic mass is 19.1. The molecule has 0 spiro atoms. The predicted octanol–water partition coefficient (Wildman–Crippen LogP) is 5.36. The first-order valence-corrected chi connectivity index (χ1v) is 12.8. The van der Waals surface area contributed by atoms with Gasteiger partial charge in [-0.1, -0.05) is 73.1 Å². The first kappa shape index (κ1) is 25.8. The molecule has 0 aliphatic rings. The van der Waals surface area contributed by atoms with Crippen molar-refractivity contribution in [3.63, 3.8) is 0 Å². The minimum atomic E-state index is -0.667. The van der Waals surface area contributed by atoms with Gasteiger partial charge in [-0.3, -0.25) is 14.3 Å². The van der Waals surface area contributed by atoms with Gasteiger partial charge in [0.05, 0.1) is 11.4 Å². The Bertz CT molecular complexity index is 1720. The first-order valence-electron chi connectivity index (χ1n) is 12.8. The number of rotatable bonds is 9. The van der Waals surface area contributed by atoms with E-state index in [4.69, 9.17) is 4.98 Å². The lowest BCUT2D eigenvalue weighted by atomic mass is 9.95. The molecule has 0 unspecified atom stereocenters. The molecule has 9 heteroatoms. The summed E-state index contributed by atoms with van der Waals surface area (Å²) in [6.45, 7) is 2.08. The van der Waals surface area contributed by atoms with E-state index in [0.29, 0.717) is 51.6 Å². The van der Waals surface area contributed by atoms with Gasteiger partial charge in [-0.05, 0) is 47.7 Å². The summed E-state index contributed by atoms with van der Waals surface area (Å²) in [5, 5.41) is 6.82. The quantitative estimate of drug-likeness (QED) is 0.269. The molecule has 0 aliphatic heterocycles. The number of hydrogen-bond acceptors (Lipinski definition) is 6. The molecular formula is C30H28FN5O3. The molecule has 0 aliphatic carbocycles. The number of unbranched alkanes of at least 4 members (excludes halogenated alkanes) is 1. The largest absolute Gasteiger partial charge is 0.439 e. The van der Waals surface area contributed by atoms with Crippen molar-refractivity contribution in [2.24, 2.45) is 0 Å². The highest BCUT2D eigenvalue weighted by Gasteiger charge is 2.20. The zero-order valence-electron chi connectivity index (χ0n) is 21.7. The molecule has 5 aromatic rings. The molecule has 0 bridgehead atoms. The number of aryl methyl sites for hydroxylation is 1. The Morgan fingerprint density at radius 2 is 1.74 bits per heavy atom. The van der Waals surface area contributed by atoms with Gasteiger partial charge in [0.1, 0.15) is 5.82 Å². The smallest absolute Gasteiger partial charge is 0.358 e. The summed E-state index contributed by atoms with van der Waals surface area (Å²) in [5.74, 6) is -0.405. The van der Waals surface area contributed by atoms with Crippen LogP contribution in [-0.2, 0) is 12.8 Å². The fourth-order valence-corrected chi connectivity index (χ4v) is 4.65. The van der Waals surface area contributed by atoms with Crippen LogP contribution in [0.2, 0.25) is 0 Å². The van der Waals surface area contributed by atoms with Crippen molar-refractivity contribution in [3.8, 4) is 28.2 Å². The Labute approximate surface area is 224 Å². The molecule has 0 radical (unpaired) electrons. The van der Waals surface area contributed by atoms with Crippen LogP contribution in [0.5, 0.6) is 0 Å². The second-order valence-corrected chi connectivity index (χ2v) is 9.16. The topological polar surface area (TPSA) is 106 Å². The van der Waals surface area contributed by atoms with E-state index in [-0.39, 0.29) is 17.8 Å². The number of para-hydroxylation sites is 1. The molecule has 0 atom stereocenters. The number of hydrogen-bond donors (Lipinski definition) is 2. The van der Waals surface area contributed by atoms with Crippen LogP contribution >= 0.6 is 0 Å². The third-order valence-electron chi connectivity index (χ3n) is 6.62. The summed E-state index contributed by atoms with van der Waals surface area (Å²) in [4.78, 5) is 32.7. The van der Waals surface area contributed by atoms with Gasteiger partial charge in [0.2, 0.25) is 5.95 Å². The third-order valence-corrected chi connectivity index (χ3v) is 6.62. The molecule has 0 saturated carbocycles. The van der Waals surface area contributed by atoms with E-state index in [2.05, 4.69) is 26.9 Å². The summed E-state index contributed by atoms with van der Waals surface area (Å²) in [5.41, 5.74) is 3.88. The van der Waals surface area contributed by atoms with Crippen molar-refractivity contribution in [3.05, 3.63) is 116 Å². The minimum Gasteiger partial charge on any atom is -0.358 e. The molecule has 2 aromatic heterocycles. The summed E-state index contributed by atoms with van der Waals surface area (Å²) >= 11 is 0. The molecule has 39 heavy (non-hydrogen) atoms. The Kier molecular flexibility index (Phi) is 7.49. The molecule has 3 aromatic carbocycles. The van der Waals surface area contributed by atoms with Gasteiger partial charge in [0.25, 0.3) is 5.56 Å². The second-order valence-electron chi connectivity index (χ2n) is 9.16. The average molecular weight is 526 g/mol. The number of nitrogens with one attached hydrogen (secondary N) is 2. The van der Waals surface area contributed by atoms with Crippen molar-refractivity contribution in [1.82, 2.24) is 19.7 Å². The number of anilines is 1. The molecule has 0 saturated heterocycles. The van der Waals surface area contributed by atoms with Gasteiger partial charge in [-0.25, -0.2) is 18.7 Å². The van der Waals surface area contributed by atoms with Crippen LogP contribution in [0.15, 0.2) is 86.9 Å². The zero-order chi connectivity index (χ0) is 27.4. The lowest BCUT2D eigenvalue weighted by molar-refractivity contribution is 0.388. The number of benzene rings is 3. The van der Waals surface area contributed by atoms with Crippen LogP contribution in [0.1, 0.15) is 36.6 Å². The average Bonchev–Trinajstić information content (AvgIpc) is 3.40. The fraction of sp³-hybridized carbons (Fsp3) is 0.200. The highest BCUT2D eigenvalue weighted by Crippen LogP contribution is 2.31. The maximum absolute atomic E-state index is 15.6. The maximum Gasteiger partial charge on any atom is 0.439 e. The number of aromatic nitrogens is 4. The number of nitrogens with zero attached hydrogens (tertiary/aromatic N) is 3. The van der Waals surface area contributed by atoms with E-state index in [0.717, 1.165) is 12.8 Å². The lowest BCUT2D eigenvalue weighted by Gasteiger charge is -2.17. The van der Waals surface area contributed by atoms with Crippen LogP contribution < -0.4 is 16.6 Å². The van der Waals surface area contributed by atoms with Crippen molar-refractivity contribution in [2.45, 2.75) is 32.6 Å². The van der Waals surface area contributed by atoms with Crippen molar-refractivity contribution in [1.29, 1.82) is 0 Å². The Hall–Kier alpha value is -4.79. The van der Waals surface area contributed by atoms with Crippen LogP contribution in [0.4, 0.5) is 10.3 Å². The Balaban J connectivity index is 1.57.